The van der Waals surface area contributed by atoms with E-state index in [1.807, 2.05) is 0 Å². The van der Waals surface area contributed by atoms with E-state index in [0.717, 1.165) is 12.1 Å². The maximum atomic E-state index is 13.1. The Morgan fingerprint density at radius 2 is 1.00 bits per heavy atom. The third-order valence-corrected chi connectivity index (χ3v) is 4.71. The number of allylic oxidation sites excluding steroid dienone is 6. The van der Waals surface area contributed by atoms with Gasteiger partial charge in [-0.3, -0.25) is 0 Å². The smallest absolute Gasteiger partial charge is 0.405 e. The molecule has 0 atom stereocenters. The quantitative estimate of drug-likeness (QED) is 0.300. The molecule has 1 aromatic rings. The maximum Gasteiger partial charge on any atom is 0.573 e. The molecular weight excluding hydrogens is 494 g/mol. The van der Waals surface area contributed by atoms with Crippen LogP contribution in [0.3, 0.4) is 0 Å². The number of ether oxygens (including phenoxy) is 2. The molecule has 8 nitrogen and oxygen atoms in total. The number of halogens is 6. The zero-order valence-corrected chi connectivity index (χ0v) is 16.9. The van der Waals surface area contributed by atoms with Gasteiger partial charge in [-0.05, 0) is 23.3 Å². The van der Waals surface area contributed by atoms with Gasteiger partial charge in [0.25, 0.3) is 11.4 Å². The molecular formula is C22H2F6N6O2. The van der Waals surface area contributed by atoms with Gasteiger partial charge in [0.2, 0.25) is 0 Å². The summed E-state index contributed by atoms with van der Waals surface area (Å²) in [5.74, 6) is -2.41. The molecule has 14 heteroatoms. The minimum absolute atomic E-state index is 0.399. The molecule has 174 valence electrons. The molecule has 0 saturated carbocycles. The van der Waals surface area contributed by atoms with Crippen molar-refractivity contribution < 1.29 is 35.8 Å². The van der Waals surface area contributed by atoms with Crippen LogP contribution < -0.4 is 0 Å². The van der Waals surface area contributed by atoms with Crippen LogP contribution in [0.5, 0.6) is 0 Å². The predicted octanol–water partition coefficient (Wildman–Crippen LogP) is 5.56. The second-order valence-electron chi connectivity index (χ2n) is 6.57. The van der Waals surface area contributed by atoms with E-state index in [1.165, 1.54) is 24.3 Å². The highest BCUT2D eigenvalue weighted by Crippen LogP contribution is 2.52. The molecule has 3 rings (SSSR count). The number of alkyl halides is 6. The number of rotatable bonds is 2. The lowest BCUT2D eigenvalue weighted by molar-refractivity contribution is -0.303. The summed E-state index contributed by atoms with van der Waals surface area (Å²) < 4.78 is 86.5. The van der Waals surface area contributed by atoms with Gasteiger partial charge in [-0.1, -0.05) is 0 Å². The van der Waals surface area contributed by atoms with E-state index in [2.05, 4.69) is 19.2 Å². The summed E-state index contributed by atoms with van der Waals surface area (Å²) in [4.78, 5) is 5.68. The first-order valence-corrected chi connectivity index (χ1v) is 8.89. The second-order valence-corrected chi connectivity index (χ2v) is 6.57. The summed E-state index contributed by atoms with van der Waals surface area (Å²) >= 11 is 0. The van der Waals surface area contributed by atoms with Gasteiger partial charge in [-0.15, -0.1) is 26.3 Å². The van der Waals surface area contributed by atoms with Crippen LogP contribution in [-0.4, -0.2) is 12.7 Å². The highest BCUT2D eigenvalue weighted by Gasteiger charge is 2.44. The molecule has 0 spiro atoms. The van der Waals surface area contributed by atoms with Gasteiger partial charge in [0, 0.05) is 22.3 Å². The summed E-state index contributed by atoms with van der Waals surface area (Å²) in [6, 6.07) is 7.33. The average molecular weight is 496 g/mol. The fourth-order valence-corrected chi connectivity index (χ4v) is 3.57. The van der Waals surface area contributed by atoms with Crippen molar-refractivity contribution in [3.63, 3.8) is 0 Å². The number of hydrogen-bond donors (Lipinski definition) is 0. The van der Waals surface area contributed by atoms with E-state index in [-0.39, 0.29) is 0 Å². The molecule has 1 aromatic carbocycles. The van der Waals surface area contributed by atoms with Gasteiger partial charge >= 0.3 is 12.7 Å². The van der Waals surface area contributed by atoms with Gasteiger partial charge in [0.05, 0.1) is 25.3 Å². The molecule has 0 aromatic heterocycles. The fourth-order valence-electron chi connectivity index (χ4n) is 3.57. The Bertz CT molecular complexity index is 1460. The molecule has 0 N–H and O–H groups in total. The molecule has 2 aliphatic carbocycles. The molecule has 0 radical (unpaired) electrons. The lowest BCUT2D eigenvalue weighted by atomic mass is 9.93. The van der Waals surface area contributed by atoms with Crippen LogP contribution in [-0.2, 0) is 9.47 Å². The standard InChI is InChI=1S/C22H2F6N6O2/c1-33-15(7-31)17-11-4-12-10(3-9(11)13(5-29)19(17)35-21(23,24)25)14(6-30)20(36-22(26,27)28)18(12)16(8-32)34-2/h3-4H/b17-15-,18-16+. The Morgan fingerprint density at radius 3 is 1.25 bits per heavy atom. The summed E-state index contributed by atoms with van der Waals surface area (Å²) in [7, 11) is 0. The van der Waals surface area contributed by atoms with Crippen molar-refractivity contribution >= 4 is 22.3 Å². The average Bonchev–Trinajstić information content (AvgIpc) is 3.23. The van der Waals surface area contributed by atoms with E-state index in [4.69, 9.17) is 13.1 Å². The first-order chi connectivity index (χ1) is 16.8. The second kappa shape index (κ2) is 8.58. The normalized spacial score (nSPS) is 16.9. The van der Waals surface area contributed by atoms with Crippen molar-refractivity contribution in [1.29, 1.82) is 21.0 Å². The molecule has 0 bridgehead atoms. The van der Waals surface area contributed by atoms with Crippen molar-refractivity contribution in [3.05, 3.63) is 80.1 Å². The Morgan fingerprint density at radius 1 is 0.667 bits per heavy atom. The molecule has 36 heavy (non-hydrogen) atoms. The van der Waals surface area contributed by atoms with Gasteiger partial charge in [0.1, 0.15) is 34.8 Å². The van der Waals surface area contributed by atoms with E-state index in [1.54, 1.807) is 0 Å². The molecule has 0 saturated heterocycles. The van der Waals surface area contributed by atoms with E-state index in [0.29, 0.717) is 0 Å². The lowest BCUT2D eigenvalue weighted by Gasteiger charge is -2.14. The molecule has 0 heterocycles. The van der Waals surface area contributed by atoms with Crippen molar-refractivity contribution in [2.75, 3.05) is 0 Å². The van der Waals surface area contributed by atoms with E-state index >= 15 is 0 Å². The van der Waals surface area contributed by atoms with Gasteiger partial charge < -0.3 is 9.47 Å². The highest BCUT2D eigenvalue weighted by atomic mass is 19.4. The third-order valence-electron chi connectivity index (χ3n) is 4.71. The van der Waals surface area contributed by atoms with Gasteiger partial charge in [-0.2, -0.15) is 10.5 Å². The van der Waals surface area contributed by atoms with Crippen LogP contribution in [0.4, 0.5) is 26.3 Å². The van der Waals surface area contributed by atoms with Crippen molar-refractivity contribution in [1.82, 2.24) is 0 Å². The van der Waals surface area contributed by atoms with Crippen molar-refractivity contribution in [2.24, 2.45) is 0 Å². The maximum absolute atomic E-state index is 13.1. The summed E-state index contributed by atoms with van der Waals surface area (Å²) in [5, 5.41) is 37.7. The molecule has 0 aliphatic heterocycles. The Hall–Kier alpha value is -5.70. The third kappa shape index (κ3) is 4.03. The largest absolute Gasteiger partial charge is 0.573 e. The zero-order chi connectivity index (χ0) is 27.0. The van der Waals surface area contributed by atoms with Gasteiger partial charge in [0.15, 0.2) is 0 Å². The predicted molar refractivity (Wildman–Crippen MR) is 104 cm³/mol. The molecule has 0 unspecified atom stereocenters. The summed E-state index contributed by atoms with van der Waals surface area (Å²) in [6.07, 6.45) is -10.7. The molecule has 0 amide bonds. The van der Waals surface area contributed by atoms with Crippen LogP contribution in [0.25, 0.3) is 32.0 Å². The van der Waals surface area contributed by atoms with Crippen LogP contribution in [0.2, 0.25) is 0 Å². The number of nitriles is 4. The number of hydrogen-bond acceptors (Lipinski definition) is 6. The van der Waals surface area contributed by atoms with Crippen LogP contribution in [0.1, 0.15) is 22.3 Å². The number of nitrogens with zero attached hydrogens (tertiary/aromatic N) is 6. The fraction of sp³-hybridized carbons (Fsp3) is 0.0909. The van der Waals surface area contributed by atoms with Crippen molar-refractivity contribution in [3.8, 4) is 24.3 Å². The Kier molecular flexibility index (Phi) is 5.94. The summed E-state index contributed by atoms with van der Waals surface area (Å²) in [5.41, 5.74) is -6.75. The van der Waals surface area contributed by atoms with Crippen LogP contribution >= 0.6 is 0 Å². The zero-order valence-electron chi connectivity index (χ0n) is 16.9. The summed E-state index contributed by atoms with van der Waals surface area (Å²) in [6.45, 7) is 14.3. The lowest BCUT2D eigenvalue weighted by Crippen LogP contribution is -2.14. The first-order valence-electron chi connectivity index (χ1n) is 8.89. The number of fused-ring (bicyclic) bond motifs is 2. The van der Waals surface area contributed by atoms with Crippen molar-refractivity contribution in [2.45, 2.75) is 12.7 Å². The van der Waals surface area contributed by atoms with E-state index in [9.17, 15) is 47.4 Å². The Balaban J connectivity index is 2.53. The number of benzene rings is 1. The minimum atomic E-state index is -5.37. The first kappa shape index (κ1) is 24.9. The minimum Gasteiger partial charge on any atom is -0.405 e. The van der Waals surface area contributed by atoms with Gasteiger partial charge in [-0.25, -0.2) is 20.2 Å². The van der Waals surface area contributed by atoms with Crippen LogP contribution in [0, 0.1) is 58.5 Å². The molecule has 2 aliphatic rings. The SMILES string of the molecule is [C-]#[N+]/C(C#N)=C1\C(OC(F)(F)F)=C(C#N)c2cc3c(cc21)/C(=C(/C#N)[N+]#[C-])C(OC(F)(F)F)=C3C#N. The monoisotopic (exact) mass is 496 g/mol. The highest BCUT2D eigenvalue weighted by molar-refractivity contribution is 6.10. The van der Waals surface area contributed by atoms with Crippen LogP contribution in [0.15, 0.2) is 35.0 Å². The Labute approximate surface area is 196 Å². The molecule has 0 fully saturated rings. The van der Waals surface area contributed by atoms with E-state index < -0.39 is 80.2 Å². The topological polar surface area (TPSA) is 122 Å².